The summed E-state index contributed by atoms with van der Waals surface area (Å²) in [6, 6.07) is 7.86. The lowest BCUT2D eigenvalue weighted by molar-refractivity contribution is -0.123. The summed E-state index contributed by atoms with van der Waals surface area (Å²) in [6.45, 7) is 5.44. The third-order valence-electron chi connectivity index (χ3n) is 4.48. The van der Waals surface area contributed by atoms with E-state index in [1.54, 1.807) is 43.3 Å². The summed E-state index contributed by atoms with van der Waals surface area (Å²) in [5.41, 5.74) is 0.673. The molecule has 2 amide bonds. The summed E-state index contributed by atoms with van der Waals surface area (Å²) in [5, 5.41) is -0.333. The van der Waals surface area contributed by atoms with Gasteiger partial charge in [-0.3, -0.25) is 14.5 Å². The van der Waals surface area contributed by atoms with E-state index in [1.165, 1.54) is 25.2 Å². The van der Waals surface area contributed by atoms with Gasteiger partial charge >= 0.3 is 5.97 Å². The van der Waals surface area contributed by atoms with Crippen molar-refractivity contribution in [2.24, 2.45) is 0 Å². The number of hydrogen-bond donors (Lipinski definition) is 0. The van der Waals surface area contributed by atoms with Crippen molar-refractivity contribution in [2.75, 3.05) is 14.2 Å². The van der Waals surface area contributed by atoms with E-state index in [2.05, 4.69) is 11.3 Å². The van der Waals surface area contributed by atoms with Gasteiger partial charge in [-0.25, -0.2) is 4.79 Å². The summed E-state index contributed by atoms with van der Waals surface area (Å²) < 4.78 is 21.1. The molecule has 1 aromatic heterocycles. The summed E-state index contributed by atoms with van der Waals surface area (Å²) in [7, 11) is 2.77. The van der Waals surface area contributed by atoms with Crippen LogP contribution in [0.1, 0.15) is 28.8 Å². The second-order valence-electron chi connectivity index (χ2n) is 6.48. The molecule has 0 bridgehead atoms. The van der Waals surface area contributed by atoms with Gasteiger partial charge < -0.3 is 18.6 Å². The zero-order valence-corrected chi connectivity index (χ0v) is 18.1. The number of benzene rings is 1. The number of rotatable bonds is 8. The molecule has 1 aliphatic heterocycles. The van der Waals surface area contributed by atoms with Crippen molar-refractivity contribution >= 4 is 35.0 Å². The first-order valence-corrected chi connectivity index (χ1v) is 10.1. The summed E-state index contributed by atoms with van der Waals surface area (Å²) in [5.74, 6) is 0.483. The minimum absolute atomic E-state index is 0.0744. The van der Waals surface area contributed by atoms with E-state index in [1.807, 2.05) is 0 Å². The van der Waals surface area contributed by atoms with Crippen LogP contribution in [0.3, 0.4) is 0 Å². The maximum absolute atomic E-state index is 12.5. The number of imide groups is 1. The van der Waals surface area contributed by atoms with Gasteiger partial charge in [0.2, 0.25) is 5.76 Å². The van der Waals surface area contributed by atoms with Crippen LogP contribution in [0.5, 0.6) is 11.5 Å². The largest absolute Gasteiger partial charge is 0.493 e. The maximum Gasteiger partial charge on any atom is 0.373 e. The molecule has 1 atom stereocenters. The fourth-order valence-electron chi connectivity index (χ4n) is 2.80. The molecule has 0 N–H and O–H groups in total. The number of amides is 2. The molecule has 2 heterocycles. The van der Waals surface area contributed by atoms with Crippen LogP contribution in [-0.4, -0.2) is 42.3 Å². The van der Waals surface area contributed by atoms with E-state index < -0.39 is 5.97 Å². The SMILES string of the molecule is C=CC(C)N1C(=O)S/C(=C/c2ccc(OCc3ccc(C(=O)OC)o3)c(OC)c2)C1=O. The van der Waals surface area contributed by atoms with Gasteiger partial charge in [-0.2, -0.15) is 0 Å². The van der Waals surface area contributed by atoms with Crippen molar-refractivity contribution in [3.8, 4) is 11.5 Å². The number of carbonyl (C=O) groups excluding carboxylic acids is 3. The van der Waals surface area contributed by atoms with Gasteiger partial charge in [-0.15, -0.1) is 6.58 Å². The zero-order chi connectivity index (χ0) is 22.5. The molecule has 162 valence electrons. The topological polar surface area (TPSA) is 95.3 Å². The molecule has 0 saturated carbocycles. The van der Waals surface area contributed by atoms with E-state index in [0.717, 1.165) is 11.8 Å². The normalized spacial score (nSPS) is 15.8. The monoisotopic (exact) mass is 443 g/mol. The van der Waals surface area contributed by atoms with Crippen LogP contribution >= 0.6 is 11.8 Å². The Morgan fingerprint density at radius 2 is 2.00 bits per heavy atom. The Labute approximate surface area is 183 Å². The molecule has 2 aromatic rings. The van der Waals surface area contributed by atoms with E-state index >= 15 is 0 Å². The van der Waals surface area contributed by atoms with Crippen molar-refractivity contribution in [1.29, 1.82) is 0 Å². The Hall–Kier alpha value is -3.46. The first-order chi connectivity index (χ1) is 14.9. The van der Waals surface area contributed by atoms with Gasteiger partial charge in [-0.1, -0.05) is 12.1 Å². The van der Waals surface area contributed by atoms with Gasteiger partial charge in [0.25, 0.3) is 11.1 Å². The van der Waals surface area contributed by atoms with E-state index in [0.29, 0.717) is 27.7 Å². The highest BCUT2D eigenvalue weighted by Crippen LogP contribution is 2.35. The Morgan fingerprint density at radius 3 is 2.68 bits per heavy atom. The first-order valence-electron chi connectivity index (χ1n) is 9.25. The number of methoxy groups -OCH3 is 2. The van der Waals surface area contributed by atoms with Crippen molar-refractivity contribution < 1.29 is 33.0 Å². The molecule has 3 rings (SSSR count). The number of thioether (sulfide) groups is 1. The van der Waals surface area contributed by atoms with Crippen LogP contribution in [0.25, 0.3) is 6.08 Å². The lowest BCUT2D eigenvalue weighted by Crippen LogP contribution is -2.35. The third-order valence-corrected chi connectivity index (χ3v) is 5.36. The molecule has 1 fully saturated rings. The minimum Gasteiger partial charge on any atom is -0.493 e. The number of esters is 1. The lowest BCUT2D eigenvalue weighted by atomic mass is 10.1. The minimum atomic E-state index is -0.569. The Morgan fingerprint density at radius 1 is 1.23 bits per heavy atom. The Kier molecular flexibility index (Phi) is 6.86. The Balaban J connectivity index is 1.74. The van der Waals surface area contributed by atoms with Gasteiger partial charge in [0.05, 0.1) is 25.2 Å². The van der Waals surface area contributed by atoms with E-state index in [-0.39, 0.29) is 29.6 Å². The quantitative estimate of drug-likeness (QED) is 0.339. The highest BCUT2D eigenvalue weighted by molar-refractivity contribution is 8.18. The van der Waals surface area contributed by atoms with E-state index in [9.17, 15) is 14.4 Å². The summed E-state index contributed by atoms with van der Waals surface area (Å²) in [4.78, 5) is 37.6. The smallest absolute Gasteiger partial charge is 0.373 e. The number of nitrogens with zero attached hydrogens (tertiary/aromatic N) is 1. The molecule has 8 nitrogen and oxygen atoms in total. The van der Waals surface area contributed by atoms with Crippen LogP contribution in [0.2, 0.25) is 0 Å². The highest BCUT2D eigenvalue weighted by atomic mass is 32.2. The van der Waals surface area contributed by atoms with Gasteiger partial charge in [0, 0.05) is 0 Å². The lowest BCUT2D eigenvalue weighted by Gasteiger charge is -2.17. The summed E-state index contributed by atoms with van der Waals surface area (Å²) >= 11 is 0.881. The average molecular weight is 443 g/mol. The maximum atomic E-state index is 12.5. The van der Waals surface area contributed by atoms with Crippen LogP contribution in [-0.2, 0) is 16.1 Å². The molecule has 31 heavy (non-hydrogen) atoms. The number of ether oxygens (including phenoxy) is 3. The second-order valence-corrected chi connectivity index (χ2v) is 7.48. The molecule has 0 spiro atoms. The molecule has 0 radical (unpaired) electrons. The van der Waals surface area contributed by atoms with Crippen molar-refractivity contribution in [2.45, 2.75) is 19.6 Å². The summed E-state index contributed by atoms with van der Waals surface area (Å²) in [6.07, 6.45) is 3.17. The average Bonchev–Trinajstić information content (AvgIpc) is 3.36. The standard InChI is InChI=1S/C22H21NO7S/c1-5-13(2)23-20(24)19(31-22(23)26)11-14-6-8-16(18(10-14)27-3)29-12-15-7-9-17(30-15)21(25)28-4/h5-11,13H,1,12H2,2-4H3/b19-11+. The first kappa shape index (κ1) is 22.2. The Bertz CT molecular complexity index is 1060. The van der Waals surface area contributed by atoms with Crippen LogP contribution in [0.15, 0.2) is 52.3 Å². The molecule has 1 aromatic carbocycles. The molecule has 1 unspecified atom stereocenters. The van der Waals surface area contributed by atoms with Crippen LogP contribution in [0, 0.1) is 0 Å². The van der Waals surface area contributed by atoms with Crippen molar-refractivity contribution in [1.82, 2.24) is 4.90 Å². The second kappa shape index (κ2) is 9.57. The van der Waals surface area contributed by atoms with Crippen LogP contribution in [0.4, 0.5) is 4.79 Å². The molecular weight excluding hydrogens is 422 g/mol. The molecule has 9 heteroatoms. The van der Waals surface area contributed by atoms with Gasteiger partial charge in [0.15, 0.2) is 11.5 Å². The van der Waals surface area contributed by atoms with Crippen molar-refractivity contribution in [3.05, 3.63) is 65.0 Å². The zero-order valence-electron chi connectivity index (χ0n) is 17.2. The van der Waals surface area contributed by atoms with Crippen molar-refractivity contribution in [3.63, 3.8) is 0 Å². The molecule has 1 saturated heterocycles. The van der Waals surface area contributed by atoms with Gasteiger partial charge in [-0.05, 0) is 54.6 Å². The highest BCUT2D eigenvalue weighted by Gasteiger charge is 2.37. The van der Waals surface area contributed by atoms with Gasteiger partial charge in [0.1, 0.15) is 12.4 Å². The van der Waals surface area contributed by atoms with E-state index in [4.69, 9.17) is 13.9 Å². The molecule has 1 aliphatic rings. The third kappa shape index (κ3) is 4.83. The number of hydrogen-bond acceptors (Lipinski definition) is 8. The van der Waals surface area contributed by atoms with Crippen LogP contribution < -0.4 is 9.47 Å². The predicted octanol–water partition coefficient (Wildman–Crippen LogP) is 4.26. The number of carbonyl (C=O) groups is 3. The molecular formula is C22H21NO7S. The predicted molar refractivity (Wildman–Crippen MR) is 115 cm³/mol. The number of furan rings is 1. The molecule has 0 aliphatic carbocycles. The fraction of sp³-hybridized carbons (Fsp3) is 0.227. The fourth-order valence-corrected chi connectivity index (χ4v) is 3.71.